The molecule has 0 radical (unpaired) electrons. The molecule has 2 heterocycles. The van der Waals surface area contributed by atoms with Crippen LogP contribution in [0, 0.1) is 5.92 Å². The Hall–Kier alpha value is -3.87. The van der Waals surface area contributed by atoms with E-state index in [0.717, 1.165) is 12.0 Å². The third kappa shape index (κ3) is 5.62. The third-order valence-corrected chi connectivity index (χ3v) is 6.10. The number of rotatable bonds is 10. The van der Waals surface area contributed by atoms with Gasteiger partial charge in [0, 0.05) is 31.0 Å². The average molecular weight is 474 g/mol. The number of benzene rings is 2. The zero-order valence-corrected chi connectivity index (χ0v) is 20.1. The van der Waals surface area contributed by atoms with Crippen LogP contribution in [0.15, 0.2) is 78.9 Å². The number of carbonyl (C=O) groups excluding carboxylic acids is 2. The van der Waals surface area contributed by atoms with Crippen molar-refractivity contribution in [1.82, 2.24) is 14.5 Å². The number of hydrogen-bond acceptors (Lipinski definition) is 5. The minimum atomic E-state index is -0.702. The van der Waals surface area contributed by atoms with Crippen LogP contribution in [-0.4, -0.2) is 44.4 Å². The molecule has 0 bridgehead atoms. The van der Waals surface area contributed by atoms with Crippen LogP contribution in [0.3, 0.4) is 0 Å². The van der Waals surface area contributed by atoms with Gasteiger partial charge in [-0.1, -0.05) is 56.3 Å². The lowest BCUT2D eigenvalue weighted by molar-refractivity contribution is -0.139. The second-order valence-corrected chi connectivity index (χ2v) is 9.12. The molecule has 1 aliphatic rings. The lowest BCUT2D eigenvalue weighted by Gasteiger charge is -2.26. The summed E-state index contributed by atoms with van der Waals surface area (Å²) in [7, 11) is 0. The fourth-order valence-electron chi connectivity index (χ4n) is 4.24. The van der Waals surface area contributed by atoms with Crippen molar-refractivity contribution < 1.29 is 19.4 Å². The van der Waals surface area contributed by atoms with Gasteiger partial charge in [-0.25, -0.2) is 4.98 Å². The molecule has 1 aliphatic heterocycles. The van der Waals surface area contributed by atoms with Gasteiger partial charge in [0.05, 0.1) is 24.5 Å². The predicted octanol–water partition coefficient (Wildman–Crippen LogP) is 4.82. The van der Waals surface area contributed by atoms with Gasteiger partial charge < -0.3 is 19.3 Å². The van der Waals surface area contributed by atoms with Crippen LogP contribution in [-0.2, 0) is 16.1 Å². The van der Waals surface area contributed by atoms with Crippen molar-refractivity contribution >= 4 is 17.4 Å². The van der Waals surface area contributed by atoms with Crippen molar-refractivity contribution in [2.24, 2.45) is 5.92 Å². The van der Waals surface area contributed by atoms with Crippen molar-refractivity contribution in [3.8, 4) is 5.75 Å². The Kier molecular flexibility index (Phi) is 7.65. The largest absolute Gasteiger partial charge is 0.507 e. The van der Waals surface area contributed by atoms with Crippen LogP contribution in [0.4, 0.5) is 0 Å². The van der Waals surface area contributed by atoms with Crippen LogP contribution in [0.25, 0.3) is 5.76 Å². The molecule has 7 heteroatoms. The Balaban J connectivity index is 1.68. The highest BCUT2D eigenvalue weighted by Gasteiger charge is 2.45. The van der Waals surface area contributed by atoms with E-state index in [4.69, 9.17) is 4.74 Å². The second kappa shape index (κ2) is 11.0. The van der Waals surface area contributed by atoms with Gasteiger partial charge in [-0.05, 0) is 36.5 Å². The van der Waals surface area contributed by atoms with Crippen molar-refractivity contribution in [2.75, 3.05) is 13.2 Å². The molecule has 1 fully saturated rings. The van der Waals surface area contributed by atoms with Gasteiger partial charge in [-0.15, -0.1) is 0 Å². The van der Waals surface area contributed by atoms with Crippen molar-refractivity contribution in [3.05, 3.63) is 90.0 Å². The number of ketones is 1. The molecule has 0 aliphatic carbocycles. The van der Waals surface area contributed by atoms with E-state index in [0.29, 0.717) is 43.3 Å². The highest BCUT2D eigenvalue weighted by molar-refractivity contribution is 6.46. The Bertz CT molecular complexity index is 1190. The third-order valence-electron chi connectivity index (χ3n) is 6.10. The first kappa shape index (κ1) is 24.3. The quantitative estimate of drug-likeness (QED) is 0.259. The maximum absolute atomic E-state index is 13.2. The molecule has 3 aromatic rings. The van der Waals surface area contributed by atoms with E-state index in [2.05, 4.69) is 18.8 Å². The number of imidazole rings is 1. The minimum Gasteiger partial charge on any atom is -0.507 e. The number of aliphatic hydroxyl groups is 1. The normalized spacial score (nSPS) is 17.3. The summed E-state index contributed by atoms with van der Waals surface area (Å²) in [5.41, 5.74) is 1.33. The van der Waals surface area contributed by atoms with Crippen molar-refractivity contribution in [1.29, 1.82) is 0 Å². The highest BCUT2D eigenvalue weighted by atomic mass is 16.5. The number of carbonyl (C=O) groups is 2. The number of Topliss-reactive ketones (excluding diaryl/α,β-unsaturated/α-hetero) is 1. The Morgan fingerprint density at radius 3 is 2.60 bits per heavy atom. The molecule has 1 N–H and O–H groups in total. The van der Waals surface area contributed by atoms with E-state index < -0.39 is 17.7 Å². The Labute approximate surface area is 205 Å². The zero-order chi connectivity index (χ0) is 24.8. The molecule has 1 aromatic heterocycles. The maximum atomic E-state index is 13.2. The van der Waals surface area contributed by atoms with E-state index in [-0.39, 0.29) is 11.3 Å². The first-order valence-electron chi connectivity index (χ1n) is 12.0. The maximum Gasteiger partial charge on any atom is 0.295 e. The lowest BCUT2D eigenvalue weighted by Crippen LogP contribution is -2.31. The van der Waals surface area contributed by atoms with E-state index in [1.54, 1.807) is 41.7 Å². The molecule has 1 saturated heterocycles. The van der Waals surface area contributed by atoms with Crippen LogP contribution in [0.1, 0.15) is 43.9 Å². The molecule has 0 saturated carbocycles. The molecule has 1 amide bonds. The standard InChI is InChI=1S/C28H31N3O4/c1-20(2)12-17-35-23-11-6-10-22(18-23)25-24(26(32)21-8-4-3-5-9-21)27(33)28(34)31(25)15-7-14-30-16-13-29-19-30/h3-6,8-11,13,16,18-20,25,32H,7,12,14-15,17H2,1-2H3/b26-24+. The molecular weight excluding hydrogens is 442 g/mol. The number of likely N-dealkylation sites (tertiary alicyclic amines) is 1. The highest BCUT2D eigenvalue weighted by Crippen LogP contribution is 2.40. The second-order valence-electron chi connectivity index (χ2n) is 9.12. The van der Waals surface area contributed by atoms with Crippen LogP contribution >= 0.6 is 0 Å². The molecule has 2 aromatic carbocycles. The SMILES string of the molecule is CC(C)CCOc1cccc(C2/C(=C(\O)c3ccccc3)C(=O)C(=O)N2CCCn2ccnc2)c1. The Morgan fingerprint density at radius 2 is 1.89 bits per heavy atom. The number of nitrogens with zero attached hydrogens (tertiary/aromatic N) is 3. The van der Waals surface area contributed by atoms with Gasteiger partial charge in [-0.3, -0.25) is 9.59 Å². The number of amides is 1. The number of hydrogen-bond donors (Lipinski definition) is 1. The van der Waals surface area contributed by atoms with Gasteiger partial charge in [0.15, 0.2) is 0 Å². The molecule has 35 heavy (non-hydrogen) atoms. The van der Waals surface area contributed by atoms with E-state index in [1.807, 2.05) is 41.1 Å². The summed E-state index contributed by atoms with van der Waals surface area (Å²) in [6.45, 7) is 5.88. The minimum absolute atomic E-state index is 0.100. The van der Waals surface area contributed by atoms with E-state index in [1.165, 1.54) is 0 Å². The molecule has 1 atom stereocenters. The summed E-state index contributed by atoms with van der Waals surface area (Å²) < 4.78 is 7.87. The summed E-state index contributed by atoms with van der Waals surface area (Å²) in [6.07, 6.45) is 6.84. The summed E-state index contributed by atoms with van der Waals surface area (Å²) in [6, 6.07) is 15.6. The first-order valence-corrected chi connectivity index (χ1v) is 12.0. The summed E-state index contributed by atoms with van der Waals surface area (Å²) in [5, 5.41) is 11.1. The molecule has 182 valence electrons. The molecule has 4 rings (SSSR count). The van der Waals surface area contributed by atoms with E-state index >= 15 is 0 Å². The predicted molar refractivity (Wildman–Crippen MR) is 134 cm³/mol. The van der Waals surface area contributed by atoms with E-state index in [9.17, 15) is 14.7 Å². The molecular formula is C28H31N3O4. The monoisotopic (exact) mass is 473 g/mol. The van der Waals surface area contributed by atoms with Crippen molar-refractivity contribution in [3.63, 3.8) is 0 Å². The number of aliphatic hydroxyl groups excluding tert-OH is 1. The summed E-state index contributed by atoms with van der Waals surface area (Å²) >= 11 is 0. The van der Waals surface area contributed by atoms with Gasteiger partial charge >= 0.3 is 0 Å². The number of aryl methyl sites for hydroxylation is 1. The Morgan fingerprint density at radius 1 is 1.09 bits per heavy atom. The fourth-order valence-corrected chi connectivity index (χ4v) is 4.24. The fraction of sp³-hybridized carbons (Fsp3) is 0.321. The van der Waals surface area contributed by atoms with Gasteiger partial charge in [0.1, 0.15) is 11.5 Å². The first-order chi connectivity index (χ1) is 17.0. The summed E-state index contributed by atoms with van der Waals surface area (Å²) in [5.74, 6) is -0.259. The molecule has 0 spiro atoms. The average Bonchev–Trinajstić information content (AvgIpc) is 3.46. The van der Waals surface area contributed by atoms with Gasteiger partial charge in [0.25, 0.3) is 11.7 Å². The van der Waals surface area contributed by atoms with Crippen LogP contribution < -0.4 is 4.74 Å². The van der Waals surface area contributed by atoms with Crippen LogP contribution in [0.5, 0.6) is 5.75 Å². The number of ether oxygens (including phenoxy) is 1. The molecule has 1 unspecified atom stereocenters. The van der Waals surface area contributed by atoms with Gasteiger partial charge in [-0.2, -0.15) is 0 Å². The van der Waals surface area contributed by atoms with Crippen molar-refractivity contribution in [2.45, 2.75) is 39.3 Å². The number of aromatic nitrogens is 2. The molecule has 7 nitrogen and oxygen atoms in total. The van der Waals surface area contributed by atoms with Crippen LogP contribution in [0.2, 0.25) is 0 Å². The summed E-state index contributed by atoms with van der Waals surface area (Å²) in [4.78, 5) is 31.9. The van der Waals surface area contributed by atoms with Gasteiger partial charge in [0.2, 0.25) is 0 Å². The smallest absolute Gasteiger partial charge is 0.295 e. The topological polar surface area (TPSA) is 84.7 Å². The zero-order valence-electron chi connectivity index (χ0n) is 20.1. The lowest BCUT2D eigenvalue weighted by atomic mass is 9.95.